The van der Waals surface area contributed by atoms with Crippen molar-refractivity contribution in [1.29, 1.82) is 0 Å². The quantitative estimate of drug-likeness (QED) is 0.291. The second-order valence-electron chi connectivity index (χ2n) is 5.44. The van der Waals surface area contributed by atoms with Crippen molar-refractivity contribution in [3.05, 3.63) is 41.7 Å². The molecule has 0 spiro atoms. The van der Waals surface area contributed by atoms with Crippen LogP contribution in [0.5, 0.6) is 11.5 Å². The molecule has 0 aliphatic rings. The molecule has 7 nitrogen and oxygen atoms in total. The summed E-state index contributed by atoms with van der Waals surface area (Å²) in [6.07, 6.45) is 3.99. The summed E-state index contributed by atoms with van der Waals surface area (Å²) in [4.78, 5) is 10.1. The Morgan fingerprint density at radius 1 is 1.30 bits per heavy atom. The maximum atomic E-state index is 5.55. The lowest BCUT2D eigenvalue weighted by Gasteiger charge is -2.14. The molecule has 0 saturated heterocycles. The van der Waals surface area contributed by atoms with Crippen LogP contribution in [0.4, 0.5) is 5.69 Å². The third-order valence-electron chi connectivity index (χ3n) is 3.61. The van der Waals surface area contributed by atoms with Gasteiger partial charge in [0.05, 0.1) is 26.0 Å². The molecular weight excluding hydrogens is 477 g/mol. The number of nitrogens with zero attached hydrogens (tertiary/aromatic N) is 3. The third kappa shape index (κ3) is 5.48. The number of anilines is 1. The molecule has 0 aliphatic heterocycles. The van der Waals surface area contributed by atoms with Crippen molar-refractivity contribution in [2.75, 3.05) is 25.6 Å². The van der Waals surface area contributed by atoms with Crippen LogP contribution in [-0.2, 0) is 6.54 Å². The van der Waals surface area contributed by atoms with Gasteiger partial charge in [0.1, 0.15) is 0 Å². The Balaban J connectivity index is 0.00000261. The maximum absolute atomic E-state index is 5.55. The number of thiazole rings is 1. The number of hydrogen-bond acceptors (Lipinski definition) is 5. The average Bonchev–Trinajstić information content (AvgIpc) is 3.23. The van der Waals surface area contributed by atoms with Gasteiger partial charge >= 0.3 is 0 Å². The largest absolute Gasteiger partial charge is 0.493 e. The molecule has 0 fully saturated rings. The Kier molecular flexibility index (Phi) is 8.17. The summed E-state index contributed by atoms with van der Waals surface area (Å²) in [5, 5.41) is 8.55. The highest BCUT2D eigenvalue weighted by Gasteiger charge is 2.07. The number of aliphatic imine (C=N–C) groups is 1. The van der Waals surface area contributed by atoms with E-state index in [0.29, 0.717) is 24.9 Å². The second kappa shape index (κ2) is 10.4. The minimum atomic E-state index is 0. The van der Waals surface area contributed by atoms with Crippen molar-refractivity contribution in [3.8, 4) is 11.5 Å². The maximum Gasteiger partial charge on any atom is 0.196 e. The van der Waals surface area contributed by atoms with Crippen molar-refractivity contribution in [2.24, 2.45) is 4.99 Å². The molecule has 2 heterocycles. The number of nitrogens with one attached hydrogen (secondary N) is 2. The summed E-state index contributed by atoms with van der Waals surface area (Å²) in [5.41, 5.74) is 1.80. The second-order valence-corrected chi connectivity index (χ2v) is 6.32. The first-order valence-corrected chi connectivity index (χ1v) is 9.38. The topological polar surface area (TPSA) is 72.2 Å². The lowest BCUT2D eigenvalue weighted by Crippen LogP contribution is -2.30. The van der Waals surface area contributed by atoms with Gasteiger partial charge in [-0.05, 0) is 26.0 Å². The number of rotatable bonds is 7. The molecule has 2 N–H and O–H groups in total. The van der Waals surface area contributed by atoms with Crippen LogP contribution in [-0.4, -0.2) is 35.6 Å². The number of aromatic nitrogens is 2. The molecule has 0 bridgehead atoms. The van der Waals surface area contributed by atoms with Crippen molar-refractivity contribution in [3.63, 3.8) is 0 Å². The van der Waals surface area contributed by atoms with E-state index in [1.54, 1.807) is 18.4 Å². The highest BCUT2D eigenvalue weighted by molar-refractivity contribution is 14.0. The van der Waals surface area contributed by atoms with Crippen LogP contribution in [0.15, 0.2) is 41.0 Å². The first kappa shape index (κ1) is 21.3. The van der Waals surface area contributed by atoms with E-state index in [0.717, 1.165) is 28.6 Å². The van der Waals surface area contributed by atoms with E-state index in [9.17, 15) is 0 Å². The minimum absolute atomic E-state index is 0. The molecule has 3 aromatic rings. The zero-order chi connectivity index (χ0) is 18.4. The van der Waals surface area contributed by atoms with Gasteiger partial charge in [-0.3, -0.25) is 4.40 Å². The summed E-state index contributed by atoms with van der Waals surface area (Å²) < 4.78 is 13.0. The molecule has 3 rings (SSSR count). The van der Waals surface area contributed by atoms with Crippen LogP contribution < -0.4 is 20.1 Å². The SMILES string of the molecule is CCNC(=NCc1cn2ccsc2n1)Nc1ccc(OCC)c(OC)c1.I. The molecule has 0 amide bonds. The number of guanidine groups is 1. The Morgan fingerprint density at radius 3 is 2.85 bits per heavy atom. The molecule has 1 aromatic carbocycles. The summed E-state index contributed by atoms with van der Waals surface area (Å²) in [5.74, 6) is 2.10. The summed E-state index contributed by atoms with van der Waals surface area (Å²) >= 11 is 1.61. The van der Waals surface area contributed by atoms with Crippen LogP contribution in [0, 0.1) is 0 Å². The van der Waals surface area contributed by atoms with Gasteiger partial charge in [0.15, 0.2) is 22.4 Å². The minimum Gasteiger partial charge on any atom is -0.493 e. The number of fused-ring (bicyclic) bond motifs is 1. The highest BCUT2D eigenvalue weighted by atomic mass is 127. The van der Waals surface area contributed by atoms with Gasteiger partial charge in [0, 0.05) is 36.1 Å². The van der Waals surface area contributed by atoms with E-state index in [4.69, 9.17) is 9.47 Å². The van der Waals surface area contributed by atoms with Crippen LogP contribution in [0.1, 0.15) is 19.5 Å². The summed E-state index contributed by atoms with van der Waals surface area (Å²) in [6.45, 7) is 5.83. The third-order valence-corrected chi connectivity index (χ3v) is 4.38. The van der Waals surface area contributed by atoms with Crippen molar-refractivity contribution in [1.82, 2.24) is 14.7 Å². The van der Waals surface area contributed by atoms with Crippen molar-refractivity contribution < 1.29 is 9.47 Å². The van der Waals surface area contributed by atoms with Crippen LogP contribution >= 0.6 is 35.3 Å². The smallest absolute Gasteiger partial charge is 0.196 e. The van der Waals surface area contributed by atoms with Crippen molar-refractivity contribution in [2.45, 2.75) is 20.4 Å². The van der Waals surface area contributed by atoms with E-state index in [1.807, 2.05) is 54.2 Å². The average molecular weight is 501 g/mol. The summed E-state index contributed by atoms with van der Waals surface area (Å²) in [7, 11) is 1.63. The molecular formula is C18H24IN5O2S. The van der Waals surface area contributed by atoms with Gasteiger partial charge < -0.3 is 20.1 Å². The normalized spacial score (nSPS) is 11.1. The zero-order valence-corrected chi connectivity index (χ0v) is 18.7. The van der Waals surface area contributed by atoms with E-state index in [-0.39, 0.29) is 24.0 Å². The Bertz CT molecular complexity index is 864. The first-order chi connectivity index (χ1) is 12.7. The van der Waals surface area contributed by atoms with Crippen molar-refractivity contribution >= 4 is 51.9 Å². The van der Waals surface area contributed by atoms with Crippen LogP contribution in [0.2, 0.25) is 0 Å². The Labute approximate surface area is 179 Å². The molecule has 146 valence electrons. The summed E-state index contributed by atoms with van der Waals surface area (Å²) in [6, 6.07) is 5.72. The van der Waals surface area contributed by atoms with Gasteiger partial charge in [-0.2, -0.15) is 0 Å². The van der Waals surface area contributed by atoms with E-state index in [1.165, 1.54) is 0 Å². The Hall–Kier alpha value is -2.01. The lowest BCUT2D eigenvalue weighted by atomic mass is 10.2. The van der Waals surface area contributed by atoms with Gasteiger partial charge in [0.25, 0.3) is 0 Å². The Morgan fingerprint density at radius 2 is 2.15 bits per heavy atom. The van der Waals surface area contributed by atoms with E-state index in [2.05, 4.69) is 20.6 Å². The van der Waals surface area contributed by atoms with Crippen LogP contribution in [0.25, 0.3) is 4.96 Å². The molecule has 0 saturated carbocycles. The molecule has 0 aliphatic carbocycles. The molecule has 0 atom stereocenters. The van der Waals surface area contributed by atoms with Crippen LogP contribution in [0.3, 0.4) is 0 Å². The fourth-order valence-corrected chi connectivity index (χ4v) is 3.20. The number of halogens is 1. The zero-order valence-electron chi connectivity index (χ0n) is 15.6. The van der Waals surface area contributed by atoms with Gasteiger partial charge in [-0.25, -0.2) is 9.98 Å². The first-order valence-electron chi connectivity index (χ1n) is 8.50. The fourth-order valence-electron chi connectivity index (χ4n) is 2.48. The van der Waals surface area contributed by atoms with Gasteiger partial charge in [-0.1, -0.05) is 0 Å². The standard InChI is InChI=1S/C18H23N5O2S.HI/c1-4-19-17(20-11-14-12-23-8-9-26-18(23)22-14)21-13-6-7-15(25-5-2)16(10-13)24-3;/h6-10,12H,4-5,11H2,1-3H3,(H2,19,20,21);1H. The predicted octanol–water partition coefficient (Wildman–Crippen LogP) is 4.00. The van der Waals surface area contributed by atoms with Gasteiger partial charge in [0.2, 0.25) is 0 Å². The number of imidazole rings is 1. The molecule has 27 heavy (non-hydrogen) atoms. The van der Waals surface area contributed by atoms with E-state index >= 15 is 0 Å². The number of methoxy groups -OCH3 is 1. The number of hydrogen-bond donors (Lipinski definition) is 2. The van der Waals surface area contributed by atoms with E-state index < -0.39 is 0 Å². The molecule has 9 heteroatoms. The van der Waals surface area contributed by atoms with Gasteiger partial charge in [-0.15, -0.1) is 35.3 Å². The molecule has 2 aromatic heterocycles. The monoisotopic (exact) mass is 501 g/mol. The predicted molar refractivity (Wildman–Crippen MR) is 121 cm³/mol. The molecule has 0 radical (unpaired) electrons. The lowest BCUT2D eigenvalue weighted by molar-refractivity contribution is 0.311. The fraction of sp³-hybridized carbons (Fsp3) is 0.333. The number of ether oxygens (including phenoxy) is 2. The number of benzene rings is 1. The highest BCUT2D eigenvalue weighted by Crippen LogP contribution is 2.30. The molecule has 0 unspecified atom stereocenters.